The van der Waals surface area contributed by atoms with Crippen molar-refractivity contribution >= 4 is 66.3 Å². The molecule has 2 saturated heterocycles. The highest BCUT2D eigenvalue weighted by Gasteiger charge is 2.25. The van der Waals surface area contributed by atoms with Crippen LogP contribution < -0.4 is 20.9 Å². The van der Waals surface area contributed by atoms with Crippen LogP contribution in [0.5, 0.6) is 5.75 Å². The molecule has 2 aromatic carbocycles. The monoisotopic (exact) mass is 764 g/mol. The Morgan fingerprint density at radius 3 is 2.09 bits per heavy atom. The number of thiazole rings is 2. The number of amides is 2. The number of rotatable bonds is 7. The zero-order valence-electron chi connectivity index (χ0n) is 30.9. The molecule has 14 heteroatoms. The van der Waals surface area contributed by atoms with E-state index in [2.05, 4.69) is 80.7 Å². The Morgan fingerprint density at radius 2 is 1.43 bits per heavy atom. The van der Waals surface area contributed by atoms with Crippen LogP contribution in [-0.2, 0) is 9.59 Å². The number of anilines is 2. The molecule has 0 unspecified atom stereocenters. The summed E-state index contributed by atoms with van der Waals surface area (Å²) >= 11 is 2.81. The first-order valence-electron chi connectivity index (χ1n) is 18.1. The molecule has 0 spiro atoms. The summed E-state index contributed by atoms with van der Waals surface area (Å²) in [7, 11) is 5.87. The largest absolute Gasteiger partial charge is 0.496 e. The lowest BCUT2D eigenvalue weighted by Gasteiger charge is -2.27. The third kappa shape index (κ3) is 8.52. The maximum absolute atomic E-state index is 12.7. The highest BCUT2D eigenvalue weighted by molar-refractivity contribution is 7.19. The Bertz CT molecular complexity index is 2340. The number of benzene rings is 2. The van der Waals surface area contributed by atoms with Crippen molar-refractivity contribution in [2.75, 3.05) is 58.0 Å². The van der Waals surface area contributed by atoms with Crippen LogP contribution in [0.2, 0.25) is 0 Å². The number of nitrogens with zero attached hydrogens (tertiary/aromatic N) is 6. The van der Waals surface area contributed by atoms with Crippen molar-refractivity contribution in [2.45, 2.75) is 32.6 Å². The fourth-order valence-electron chi connectivity index (χ4n) is 6.91. The van der Waals surface area contributed by atoms with Crippen LogP contribution in [0, 0.1) is 18.8 Å². The van der Waals surface area contributed by atoms with E-state index in [0.717, 1.165) is 84.2 Å². The molecule has 6 aromatic rings. The first-order chi connectivity index (χ1) is 26.1. The number of pyridine rings is 2. The summed E-state index contributed by atoms with van der Waals surface area (Å²) in [5.74, 6) is 1.07. The number of fused-ring (bicyclic) bond motifs is 2. The minimum Gasteiger partial charge on any atom is -0.496 e. The fourth-order valence-corrected chi connectivity index (χ4v) is 8.52. The number of likely N-dealkylation sites (tertiary alicyclic amines) is 2. The second kappa shape index (κ2) is 16.6. The van der Waals surface area contributed by atoms with Crippen LogP contribution in [0.4, 0.5) is 10.3 Å². The molecule has 2 amide bonds. The minimum atomic E-state index is -0.123. The molecule has 2 N–H and O–H groups in total. The first kappa shape index (κ1) is 37.3. The van der Waals surface area contributed by atoms with Crippen molar-refractivity contribution in [2.24, 2.45) is 11.8 Å². The van der Waals surface area contributed by atoms with Crippen LogP contribution in [0.1, 0.15) is 31.2 Å². The Kier molecular flexibility index (Phi) is 11.4. The molecule has 12 nitrogen and oxygen atoms in total. The van der Waals surface area contributed by atoms with E-state index < -0.39 is 0 Å². The van der Waals surface area contributed by atoms with Gasteiger partial charge in [-0.2, -0.15) is 0 Å². The van der Waals surface area contributed by atoms with Crippen LogP contribution >= 0.6 is 22.7 Å². The lowest BCUT2D eigenvalue weighted by molar-refractivity contribution is -0.121. The predicted molar refractivity (Wildman–Crippen MR) is 217 cm³/mol. The molecule has 0 radical (unpaired) electrons. The summed E-state index contributed by atoms with van der Waals surface area (Å²) < 4.78 is 7.11. The van der Waals surface area contributed by atoms with E-state index in [1.165, 1.54) is 28.2 Å². The number of nitrogens with one attached hydrogen (secondary N) is 2. The van der Waals surface area contributed by atoms with Gasteiger partial charge in [0, 0.05) is 47.4 Å². The standard InChI is InChI=1S/C22H25N3O2S.C18H19N5O2S/c1-14-10-16-4-5-17(12-18(16)19(11-14)27-3)20-13-23-22(28-20)24-21(26)15-6-8-25(2)9-7-15;1-22-7-3-12(4-8-22)16(24)21-18-20-11-15(26-18)23-9-5-13-10-19-6-2-14(13)17(23)25/h4-5,10-13,15H,6-9H2,1-3H3,(H,23,24,26);2,5-6,9-12H,3-4,7-8H2,1H3,(H,20,21,24). The van der Waals surface area contributed by atoms with Gasteiger partial charge in [-0.05, 0) is 114 Å². The van der Waals surface area contributed by atoms with Crippen molar-refractivity contribution < 1.29 is 14.3 Å². The first-order valence-corrected chi connectivity index (χ1v) is 19.7. The van der Waals surface area contributed by atoms with Gasteiger partial charge in [-0.15, -0.1) is 0 Å². The van der Waals surface area contributed by atoms with E-state index in [1.54, 1.807) is 42.5 Å². The zero-order chi connectivity index (χ0) is 37.8. The molecular formula is C40H44N8O4S2. The SMILES string of the molecule is CN1CCC(C(=O)Nc2ncc(-n3ccc4cnccc4c3=O)s2)CC1.COc1cc(C)cc2ccc(-c3cnc(NC(=O)C4CCN(C)CC4)s3)cc12. The van der Waals surface area contributed by atoms with Gasteiger partial charge in [-0.1, -0.05) is 40.9 Å². The molecule has 8 rings (SSSR count). The Hall–Kier alpha value is -5.02. The quantitative estimate of drug-likeness (QED) is 0.183. The maximum Gasteiger partial charge on any atom is 0.263 e. The van der Waals surface area contributed by atoms with Gasteiger partial charge >= 0.3 is 0 Å². The van der Waals surface area contributed by atoms with Crippen LogP contribution in [0.25, 0.3) is 37.0 Å². The van der Waals surface area contributed by atoms with E-state index in [1.807, 2.05) is 18.3 Å². The van der Waals surface area contributed by atoms with Gasteiger partial charge in [0.05, 0.1) is 23.6 Å². The van der Waals surface area contributed by atoms with E-state index in [-0.39, 0.29) is 29.2 Å². The molecule has 280 valence electrons. The van der Waals surface area contributed by atoms with Crippen molar-refractivity contribution in [3.63, 3.8) is 0 Å². The molecule has 0 atom stereocenters. The second-order valence-corrected chi connectivity index (χ2v) is 16.1. The van der Waals surface area contributed by atoms with Crippen molar-refractivity contribution in [1.82, 2.24) is 29.3 Å². The number of piperidine rings is 2. The summed E-state index contributed by atoms with van der Waals surface area (Å²) in [4.78, 5) is 55.9. The summed E-state index contributed by atoms with van der Waals surface area (Å²) in [6.45, 7) is 5.88. The molecule has 0 aliphatic carbocycles. The van der Waals surface area contributed by atoms with Crippen LogP contribution in [-0.4, -0.2) is 88.5 Å². The number of aryl methyl sites for hydroxylation is 1. The highest BCUT2D eigenvalue weighted by Crippen LogP contribution is 2.35. The van der Waals surface area contributed by atoms with Crippen molar-refractivity contribution in [1.29, 1.82) is 0 Å². The van der Waals surface area contributed by atoms with E-state index in [9.17, 15) is 14.4 Å². The number of carbonyl (C=O) groups is 2. The van der Waals surface area contributed by atoms with Gasteiger partial charge in [0.2, 0.25) is 11.8 Å². The number of methoxy groups -OCH3 is 1. The Morgan fingerprint density at radius 1 is 0.778 bits per heavy atom. The summed E-state index contributed by atoms with van der Waals surface area (Å²) in [5.41, 5.74) is 2.13. The lowest BCUT2D eigenvalue weighted by Crippen LogP contribution is -2.35. The molecule has 0 saturated carbocycles. The normalized spacial score (nSPS) is 15.9. The minimum absolute atomic E-state index is 0.0101. The summed E-state index contributed by atoms with van der Waals surface area (Å²) in [6, 6.07) is 14.1. The average Bonchev–Trinajstić information content (AvgIpc) is 3.85. The third-order valence-corrected chi connectivity index (χ3v) is 12.0. The number of hydrogen-bond acceptors (Lipinski definition) is 11. The zero-order valence-corrected chi connectivity index (χ0v) is 32.5. The maximum atomic E-state index is 12.7. The predicted octanol–water partition coefficient (Wildman–Crippen LogP) is 6.68. The Balaban J connectivity index is 0.000000167. The highest BCUT2D eigenvalue weighted by atomic mass is 32.1. The lowest BCUT2D eigenvalue weighted by atomic mass is 9.96. The van der Waals surface area contributed by atoms with E-state index >= 15 is 0 Å². The van der Waals surface area contributed by atoms with E-state index in [0.29, 0.717) is 20.7 Å². The molecule has 4 aromatic heterocycles. The molecule has 54 heavy (non-hydrogen) atoms. The fraction of sp³-hybridized carbons (Fsp3) is 0.350. The molecule has 0 bridgehead atoms. The van der Waals surface area contributed by atoms with E-state index in [4.69, 9.17) is 4.74 Å². The van der Waals surface area contributed by atoms with Crippen LogP contribution in [0.3, 0.4) is 0 Å². The molecule has 2 fully saturated rings. The molecule has 6 heterocycles. The van der Waals surface area contributed by atoms with Gasteiger partial charge in [0.1, 0.15) is 10.8 Å². The number of ether oxygens (including phenoxy) is 1. The summed E-state index contributed by atoms with van der Waals surface area (Å²) in [5, 5.41) is 11.4. The van der Waals surface area contributed by atoms with Gasteiger partial charge in [-0.25, -0.2) is 9.97 Å². The smallest absolute Gasteiger partial charge is 0.263 e. The van der Waals surface area contributed by atoms with Crippen molar-refractivity contribution in [3.8, 4) is 21.2 Å². The summed E-state index contributed by atoms with van der Waals surface area (Å²) in [6.07, 6.45) is 12.0. The third-order valence-electron chi connectivity index (χ3n) is 10.1. The topological polar surface area (TPSA) is 135 Å². The van der Waals surface area contributed by atoms with Gasteiger partial charge in [0.25, 0.3) is 5.56 Å². The van der Waals surface area contributed by atoms with Gasteiger partial charge < -0.3 is 25.2 Å². The average molecular weight is 765 g/mol. The van der Waals surface area contributed by atoms with Crippen molar-refractivity contribution in [3.05, 3.63) is 89.4 Å². The number of aromatic nitrogens is 4. The molecule has 2 aliphatic heterocycles. The number of carbonyl (C=O) groups excluding carboxylic acids is 2. The molecular weight excluding hydrogens is 721 g/mol. The Labute approximate surface area is 321 Å². The number of hydrogen-bond donors (Lipinski definition) is 2. The second-order valence-electron chi connectivity index (χ2n) is 14.0. The van der Waals surface area contributed by atoms with Gasteiger partial charge in [0.15, 0.2) is 10.3 Å². The van der Waals surface area contributed by atoms with Gasteiger partial charge in [-0.3, -0.25) is 23.9 Å². The van der Waals surface area contributed by atoms with Crippen LogP contribution in [0.15, 0.2) is 78.2 Å². The molecule has 2 aliphatic rings.